The molecule has 152 valence electrons. The summed E-state index contributed by atoms with van der Waals surface area (Å²) in [6.45, 7) is 10.2. The molecule has 0 aliphatic carbocycles. The van der Waals surface area contributed by atoms with Gasteiger partial charge >= 0.3 is 0 Å². The van der Waals surface area contributed by atoms with Crippen LogP contribution in [0.25, 0.3) is 0 Å². The van der Waals surface area contributed by atoms with E-state index in [0.29, 0.717) is 0 Å². The highest BCUT2D eigenvalue weighted by Crippen LogP contribution is 2.13. The Bertz CT molecular complexity index is 456. The van der Waals surface area contributed by atoms with E-state index in [-0.39, 0.29) is 17.0 Å². The second-order valence-electron chi connectivity index (χ2n) is 8.00. The summed E-state index contributed by atoms with van der Waals surface area (Å²) in [6, 6.07) is 2.26. The van der Waals surface area contributed by atoms with Gasteiger partial charge in [0.05, 0.1) is 0 Å². The molecule has 1 rings (SSSR count). The lowest BCUT2D eigenvalue weighted by Crippen LogP contribution is -3.00. The number of aryl methyl sites for hydroxylation is 2. The Balaban J connectivity index is 0.00000625. The van der Waals surface area contributed by atoms with Gasteiger partial charge in [0.2, 0.25) is 0 Å². The molecule has 1 nitrogen and oxygen atoms in total. The minimum Gasteiger partial charge on any atom is -1.00 e. The summed E-state index contributed by atoms with van der Waals surface area (Å²) in [7, 11) is 0. The molecule has 0 aliphatic rings. The Labute approximate surface area is 174 Å². The van der Waals surface area contributed by atoms with Crippen LogP contribution in [0.3, 0.4) is 0 Å². The Hall–Kier alpha value is -0.370. The van der Waals surface area contributed by atoms with E-state index in [1.54, 1.807) is 0 Å². The zero-order valence-corrected chi connectivity index (χ0v) is 19.7. The van der Waals surface area contributed by atoms with E-state index in [1.165, 1.54) is 113 Å². The smallest absolute Gasteiger partial charge is 0.181 e. The molecule has 0 aromatic carbocycles. The summed E-state index contributed by atoms with van der Waals surface area (Å²) in [4.78, 5) is 0. The molecule has 1 heterocycles. The average molecular weight is 427 g/mol. The Kier molecular flexibility index (Phi) is 16.5. The SMILES string of the molecule is CCCCCCCCCCCCCCCC[n+]1ccc(C)c(C)c1C.[Br-]. The van der Waals surface area contributed by atoms with E-state index in [9.17, 15) is 0 Å². The number of halogens is 1. The van der Waals surface area contributed by atoms with Crippen LogP contribution in [0.15, 0.2) is 12.3 Å². The molecule has 0 saturated heterocycles. The van der Waals surface area contributed by atoms with Crippen molar-refractivity contribution in [3.63, 3.8) is 0 Å². The molecule has 1 aromatic heterocycles. The van der Waals surface area contributed by atoms with Crippen LogP contribution in [-0.4, -0.2) is 0 Å². The molecule has 2 heteroatoms. The molecule has 26 heavy (non-hydrogen) atoms. The number of hydrogen-bond donors (Lipinski definition) is 0. The van der Waals surface area contributed by atoms with E-state index in [2.05, 4.69) is 44.5 Å². The lowest BCUT2D eigenvalue weighted by molar-refractivity contribution is -0.703. The summed E-state index contributed by atoms with van der Waals surface area (Å²) < 4.78 is 2.43. The Morgan fingerprint density at radius 2 is 1.08 bits per heavy atom. The fourth-order valence-electron chi connectivity index (χ4n) is 3.66. The normalized spacial score (nSPS) is 10.8. The molecule has 0 aliphatic heterocycles. The first-order valence-electron chi connectivity index (χ1n) is 11.1. The number of nitrogens with zero attached hydrogens (tertiary/aromatic N) is 1. The van der Waals surface area contributed by atoms with Gasteiger partial charge in [0.15, 0.2) is 11.9 Å². The quantitative estimate of drug-likeness (QED) is 0.289. The maximum absolute atomic E-state index is 2.43. The summed E-state index contributed by atoms with van der Waals surface area (Å²) in [5, 5.41) is 0. The second-order valence-corrected chi connectivity index (χ2v) is 8.00. The van der Waals surface area contributed by atoms with Crippen molar-refractivity contribution in [1.82, 2.24) is 0 Å². The number of aromatic nitrogens is 1. The molecule has 0 fully saturated rings. The van der Waals surface area contributed by atoms with Crippen molar-refractivity contribution in [3.05, 3.63) is 29.1 Å². The maximum Gasteiger partial charge on any atom is 0.181 e. The van der Waals surface area contributed by atoms with Gasteiger partial charge in [-0.05, 0) is 25.8 Å². The lowest BCUT2D eigenvalue weighted by Gasteiger charge is -2.06. The number of rotatable bonds is 15. The van der Waals surface area contributed by atoms with Gasteiger partial charge < -0.3 is 17.0 Å². The molecule has 0 saturated carbocycles. The first-order chi connectivity index (χ1) is 12.2. The topological polar surface area (TPSA) is 3.88 Å². The predicted molar refractivity (Wildman–Crippen MR) is 111 cm³/mol. The van der Waals surface area contributed by atoms with Crippen molar-refractivity contribution in [1.29, 1.82) is 0 Å². The van der Waals surface area contributed by atoms with Crippen LogP contribution in [0.4, 0.5) is 0 Å². The molecule has 0 unspecified atom stereocenters. The van der Waals surface area contributed by atoms with Crippen molar-refractivity contribution < 1.29 is 21.5 Å². The maximum atomic E-state index is 2.43. The largest absolute Gasteiger partial charge is 1.00 e. The van der Waals surface area contributed by atoms with Crippen LogP contribution < -0.4 is 21.5 Å². The fourth-order valence-corrected chi connectivity index (χ4v) is 3.66. The van der Waals surface area contributed by atoms with E-state index in [1.807, 2.05) is 0 Å². The van der Waals surface area contributed by atoms with Gasteiger partial charge in [-0.15, -0.1) is 0 Å². The summed E-state index contributed by atoms with van der Waals surface area (Å²) in [5.74, 6) is 0. The average Bonchev–Trinajstić information content (AvgIpc) is 2.61. The molecular weight excluding hydrogens is 382 g/mol. The van der Waals surface area contributed by atoms with Crippen LogP contribution in [0.2, 0.25) is 0 Å². The minimum atomic E-state index is 0. The summed E-state index contributed by atoms with van der Waals surface area (Å²) in [6.07, 6.45) is 22.3. The summed E-state index contributed by atoms with van der Waals surface area (Å²) >= 11 is 0. The van der Waals surface area contributed by atoms with Crippen molar-refractivity contribution in [2.45, 2.75) is 124 Å². The molecule has 1 aromatic rings. The van der Waals surface area contributed by atoms with Gasteiger partial charge in [-0.1, -0.05) is 84.0 Å². The van der Waals surface area contributed by atoms with Crippen molar-refractivity contribution in [2.75, 3.05) is 0 Å². The van der Waals surface area contributed by atoms with Crippen LogP contribution in [0.5, 0.6) is 0 Å². The molecule has 0 atom stereocenters. The predicted octanol–water partition coefficient (Wildman–Crippen LogP) is 4.38. The van der Waals surface area contributed by atoms with Gasteiger partial charge in [0.1, 0.15) is 6.54 Å². The van der Waals surface area contributed by atoms with Gasteiger partial charge in [-0.3, -0.25) is 0 Å². The molecule has 0 N–H and O–H groups in total. The first kappa shape index (κ1) is 25.6. The van der Waals surface area contributed by atoms with Gasteiger partial charge in [0.25, 0.3) is 0 Å². The van der Waals surface area contributed by atoms with Crippen molar-refractivity contribution in [2.24, 2.45) is 0 Å². The standard InChI is InChI=1S/C24H44N.BrH/c1-5-6-7-8-9-10-11-12-13-14-15-16-17-18-20-25-21-19-22(2)23(3)24(25)4;/h19,21H,5-18,20H2,1-4H3;1H/q+1;/p-1. The zero-order chi connectivity index (χ0) is 18.3. The monoisotopic (exact) mass is 425 g/mol. The number of hydrogen-bond acceptors (Lipinski definition) is 0. The zero-order valence-electron chi connectivity index (χ0n) is 18.1. The molecule has 0 radical (unpaired) electrons. The highest BCUT2D eigenvalue weighted by molar-refractivity contribution is 5.22. The highest BCUT2D eigenvalue weighted by Gasteiger charge is 2.10. The van der Waals surface area contributed by atoms with Gasteiger partial charge in [-0.2, -0.15) is 0 Å². The third kappa shape index (κ3) is 11.4. The molecular formula is C24H44BrN. The molecule has 0 spiro atoms. The third-order valence-corrected chi connectivity index (χ3v) is 5.82. The Morgan fingerprint density at radius 1 is 0.654 bits per heavy atom. The van der Waals surface area contributed by atoms with Crippen molar-refractivity contribution >= 4 is 0 Å². The highest BCUT2D eigenvalue weighted by atomic mass is 79.9. The number of pyridine rings is 1. The Morgan fingerprint density at radius 3 is 1.54 bits per heavy atom. The van der Waals surface area contributed by atoms with Crippen LogP contribution in [0.1, 0.15) is 114 Å². The van der Waals surface area contributed by atoms with E-state index < -0.39 is 0 Å². The first-order valence-corrected chi connectivity index (χ1v) is 11.1. The lowest BCUT2D eigenvalue weighted by atomic mass is 10.0. The van der Waals surface area contributed by atoms with Crippen LogP contribution in [-0.2, 0) is 6.54 Å². The van der Waals surface area contributed by atoms with Gasteiger partial charge in [0, 0.05) is 25.0 Å². The van der Waals surface area contributed by atoms with Crippen molar-refractivity contribution in [3.8, 4) is 0 Å². The van der Waals surface area contributed by atoms with Crippen LogP contribution >= 0.6 is 0 Å². The molecule has 0 bridgehead atoms. The van der Waals surface area contributed by atoms with E-state index in [4.69, 9.17) is 0 Å². The molecule has 0 amide bonds. The summed E-state index contributed by atoms with van der Waals surface area (Å²) in [5.41, 5.74) is 4.30. The van der Waals surface area contributed by atoms with Crippen LogP contribution in [0, 0.1) is 20.8 Å². The van der Waals surface area contributed by atoms with E-state index >= 15 is 0 Å². The second kappa shape index (κ2) is 16.8. The van der Waals surface area contributed by atoms with Gasteiger partial charge in [-0.25, -0.2) is 4.57 Å². The van der Waals surface area contributed by atoms with E-state index in [0.717, 1.165) is 0 Å². The third-order valence-electron chi connectivity index (χ3n) is 5.82. The minimum absolute atomic E-state index is 0. The number of unbranched alkanes of at least 4 members (excludes halogenated alkanes) is 13. The fraction of sp³-hybridized carbons (Fsp3) is 0.792.